The average molecular weight is 332 g/mol. The van der Waals surface area contributed by atoms with Crippen molar-refractivity contribution in [1.29, 1.82) is 5.26 Å². The van der Waals surface area contributed by atoms with Gasteiger partial charge in [0.2, 0.25) is 0 Å². The van der Waals surface area contributed by atoms with E-state index in [1.165, 1.54) is 0 Å². The lowest BCUT2D eigenvalue weighted by molar-refractivity contribution is 0.114. The van der Waals surface area contributed by atoms with E-state index < -0.39 is 0 Å². The van der Waals surface area contributed by atoms with Gasteiger partial charge in [-0.05, 0) is 61.8 Å². The minimum absolute atomic E-state index is 0.0403. The van der Waals surface area contributed by atoms with Crippen LogP contribution in [0.5, 0.6) is 5.75 Å². The molecule has 0 radical (unpaired) electrons. The van der Waals surface area contributed by atoms with Gasteiger partial charge in [-0.3, -0.25) is 5.43 Å². The minimum atomic E-state index is 0.0403. The summed E-state index contributed by atoms with van der Waals surface area (Å²) in [5, 5.41) is 16.3. The molecule has 1 aliphatic heterocycles. The van der Waals surface area contributed by atoms with Gasteiger partial charge >= 0.3 is 0 Å². The van der Waals surface area contributed by atoms with E-state index in [1.807, 2.05) is 25.1 Å². The maximum absolute atomic E-state index is 8.48. The second-order valence-corrected chi connectivity index (χ2v) is 5.53. The van der Waals surface area contributed by atoms with Gasteiger partial charge in [-0.15, -0.1) is 0 Å². The largest absolute Gasteiger partial charge is 0.479 e. The van der Waals surface area contributed by atoms with Crippen LogP contribution in [0, 0.1) is 11.3 Å². The molecule has 6 nitrogen and oxygen atoms in total. The molecule has 0 aromatic heterocycles. The SMILES string of the molecule is C/C(=N/NC(=S)NC[C@@H]1CCCO1)c1ccc(OCC#N)cc1. The van der Waals surface area contributed by atoms with Crippen molar-refractivity contribution in [2.24, 2.45) is 5.10 Å². The number of rotatable bonds is 6. The number of hydrazone groups is 1. The molecule has 0 spiro atoms. The summed E-state index contributed by atoms with van der Waals surface area (Å²) >= 11 is 5.19. The van der Waals surface area contributed by atoms with Gasteiger partial charge in [0.1, 0.15) is 11.8 Å². The van der Waals surface area contributed by atoms with Crippen LogP contribution in [0.3, 0.4) is 0 Å². The third-order valence-corrected chi connectivity index (χ3v) is 3.65. The van der Waals surface area contributed by atoms with Gasteiger partial charge in [0.15, 0.2) is 11.7 Å². The number of benzene rings is 1. The smallest absolute Gasteiger partial charge is 0.187 e. The van der Waals surface area contributed by atoms with Crippen LogP contribution in [0.1, 0.15) is 25.3 Å². The van der Waals surface area contributed by atoms with Crippen molar-refractivity contribution in [2.75, 3.05) is 19.8 Å². The molecule has 2 N–H and O–H groups in total. The number of thiocarbonyl (C=S) groups is 1. The van der Waals surface area contributed by atoms with E-state index in [2.05, 4.69) is 15.8 Å². The van der Waals surface area contributed by atoms with Crippen molar-refractivity contribution in [3.63, 3.8) is 0 Å². The highest BCUT2D eigenvalue weighted by atomic mass is 32.1. The fraction of sp³-hybridized carbons (Fsp3) is 0.438. The first kappa shape index (κ1) is 17.2. The minimum Gasteiger partial charge on any atom is -0.479 e. The maximum Gasteiger partial charge on any atom is 0.187 e. The first-order valence-electron chi connectivity index (χ1n) is 7.49. The van der Waals surface area contributed by atoms with Crippen molar-refractivity contribution in [2.45, 2.75) is 25.9 Å². The molecule has 23 heavy (non-hydrogen) atoms. The molecule has 1 aliphatic rings. The summed E-state index contributed by atoms with van der Waals surface area (Å²) < 4.78 is 10.7. The Morgan fingerprint density at radius 3 is 2.91 bits per heavy atom. The van der Waals surface area contributed by atoms with E-state index in [0.29, 0.717) is 17.4 Å². The number of nitrogens with one attached hydrogen (secondary N) is 2. The number of nitriles is 1. The fourth-order valence-corrected chi connectivity index (χ4v) is 2.29. The molecule has 1 saturated heterocycles. The number of hydrogen-bond donors (Lipinski definition) is 2. The van der Waals surface area contributed by atoms with E-state index in [9.17, 15) is 0 Å². The molecule has 0 amide bonds. The quantitative estimate of drug-likeness (QED) is 0.471. The summed E-state index contributed by atoms with van der Waals surface area (Å²) in [5.74, 6) is 0.657. The highest BCUT2D eigenvalue weighted by Gasteiger charge is 2.15. The molecule has 1 atom stereocenters. The van der Waals surface area contributed by atoms with Gasteiger partial charge in [0.05, 0.1) is 11.8 Å². The average Bonchev–Trinajstić information content (AvgIpc) is 3.10. The van der Waals surface area contributed by atoms with E-state index in [-0.39, 0.29) is 12.7 Å². The Bertz CT molecular complexity index is 589. The molecule has 1 aromatic carbocycles. The van der Waals surface area contributed by atoms with Crippen LogP contribution in [0.25, 0.3) is 0 Å². The molecule has 1 heterocycles. The van der Waals surface area contributed by atoms with E-state index >= 15 is 0 Å². The van der Waals surface area contributed by atoms with Crippen LogP contribution < -0.4 is 15.5 Å². The van der Waals surface area contributed by atoms with E-state index in [1.54, 1.807) is 12.1 Å². The van der Waals surface area contributed by atoms with Crippen molar-refractivity contribution in [3.05, 3.63) is 29.8 Å². The first-order valence-corrected chi connectivity index (χ1v) is 7.90. The summed E-state index contributed by atoms with van der Waals surface area (Å²) in [7, 11) is 0. The van der Waals surface area contributed by atoms with Crippen molar-refractivity contribution >= 4 is 23.0 Å². The van der Waals surface area contributed by atoms with Gasteiger partial charge < -0.3 is 14.8 Å². The van der Waals surface area contributed by atoms with E-state index in [0.717, 1.165) is 30.7 Å². The predicted molar refractivity (Wildman–Crippen MR) is 92.5 cm³/mol. The van der Waals surface area contributed by atoms with Crippen molar-refractivity contribution < 1.29 is 9.47 Å². The van der Waals surface area contributed by atoms with Gasteiger partial charge in [-0.1, -0.05) is 0 Å². The Hall–Kier alpha value is -2.17. The zero-order chi connectivity index (χ0) is 16.5. The fourth-order valence-electron chi connectivity index (χ4n) is 2.16. The van der Waals surface area contributed by atoms with Gasteiger partial charge in [0.25, 0.3) is 0 Å². The van der Waals surface area contributed by atoms with Gasteiger partial charge in [0, 0.05) is 13.2 Å². The Balaban J connectivity index is 1.79. The summed E-state index contributed by atoms with van der Waals surface area (Å²) in [4.78, 5) is 0. The predicted octanol–water partition coefficient (Wildman–Crippen LogP) is 1.96. The van der Waals surface area contributed by atoms with Gasteiger partial charge in [-0.2, -0.15) is 10.4 Å². The second-order valence-electron chi connectivity index (χ2n) is 5.13. The van der Waals surface area contributed by atoms with Crippen molar-refractivity contribution in [1.82, 2.24) is 10.7 Å². The summed E-state index contributed by atoms with van der Waals surface area (Å²) in [6.07, 6.45) is 2.41. The lowest BCUT2D eigenvalue weighted by Crippen LogP contribution is -2.37. The number of hydrogen-bond acceptors (Lipinski definition) is 5. The molecule has 0 unspecified atom stereocenters. The molecule has 0 saturated carbocycles. The Kier molecular flexibility index (Phi) is 6.78. The number of ether oxygens (including phenoxy) is 2. The van der Waals surface area contributed by atoms with Gasteiger partial charge in [-0.25, -0.2) is 0 Å². The van der Waals surface area contributed by atoms with Crippen LogP contribution in [-0.2, 0) is 4.74 Å². The Morgan fingerprint density at radius 2 is 2.26 bits per heavy atom. The van der Waals surface area contributed by atoms with Crippen LogP contribution in [0.2, 0.25) is 0 Å². The molecule has 1 aromatic rings. The first-order chi connectivity index (χ1) is 11.2. The summed E-state index contributed by atoms with van der Waals surface area (Å²) in [6.45, 7) is 3.46. The summed E-state index contributed by atoms with van der Waals surface area (Å²) in [5.41, 5.74) is 4.58. The zero-order valence-electron chi connectivity index (χ0n) is 13.0. The molecular formula is C16H20N4O2S. The molecule has 122 valence electrons. The Morgan fingerprint density at radius 1 is 1.48 bits per heavy atom. The third-order valence-electron chi connectivity index (χ3n) is 3.41. The lowest BCUT2D eigenvalue weighted by atomic mass is 10.1. The third kappa shape index (κ3) is 5.85. The lowest BCUT2D eigenvalue weighted by Gasteiger charge is -2.12. The topological polar surface area (TPSA) is 78.7 Å². The second kappa shape index (κ2) is 9.08. The van der Waals surface area contributed by atoms with Crippen LogP contribution >= 0.6 is 12.2 Å². The summed E-state index contributed by atoms with van der Waals surface area (Å²) in [6, 6.07) is 9.31. The molecule has 1 fully saturated rings. The highest BCUT2D eigenvalue weighted by Crippen LogP contribution is 2.12. The molecule has 0 aliphatic carbocycles. The Labute approximate surface area is 141 Å². The normalized spacial score (nSPS) is 17.4. The molecular weight excluding hydrogens is 312 g/mol. The maximum atomic E-state index is 8.48. The number of nitrogens with zero attached hydrogens (tertiary/aromatic N) is 2. The van der Waals surface area contributed by atoms with E-state index in [4.69, 9.17) is 27.0 Å². The zero-order valence-corrected chi connectivity index (χ0v) is 13.9. The van der Waals surface area contributed by atoms with Crippen LogP contribution in [0.15, 0.2) is 29.4 Å². The highest BCUT2D eigenvalue weighted by molar-refractivity contribution is 7.80. The van der Waals surface area contributed by atoms with Crippen LogP contribution in [0.4, 0.5) is 0 Å². The monoisotopic (exact) mass is 332 g/mol. The molecule has 7 heteroatoms. The van der Waals surface area contributed by atoms with Crippen LogP contribution in [-0.4, -0.2) is 36.7 Å². The van der Waals surface area contributed by atoms with Crippen molar-refractivity contribution in [3.8, 4) is 11.8 Å². The molecule has 0 bridgehead atoms. The molecule has 2 rings (SSSR count). The standard InChI is InChI=1S/C16H20N4O2S/c1-12(13-4-6-14(7-5-13)22-10-8-17)19-20-16(23)18-11-15-3-2-9-21-15/h4-7,15H,2-3,9-11H2,1H3,(H2,18,20,23)/b19-12-/t15-/m0/s1.